The summed E-state index contributed by atoms with van der Waals surface area (Å²) < 4.78 is 33.3. The molecule has 0 spiro atoms. The standard InChI is InChI=1S/C10H12F2N4O2/c1-17-8-4-6(5-15-16-10(13)14)2-3-7(8)18-9(11)12/h2-5,9H,1H3,(H4,13,14,16)/b15-5-. The molecule has 0 bridgehead atoms. The van der Waals surface area contributed by atoms with Gasteiger partial charge in [-0.1, -0.05) is 0 Å². The van der Waals surface area contributed by atoms with E-state index in [2.05, 4.69) is 14.9 Å². The fourth-order valence-corrected chi connectivity index (χ4v) is 1.12. The Balaban J connectivity index is 2.91. The molecule has 0 aromatic heterocycles. The van der Waals surface area contributed by atoms with Crippen molar-refractivity contribution in [2.24, 2.45) is 21.7 Å². The Bertz CT molecular complexity index is 459. The second kappa shape index (κ2) is 6.38. The molecule has 0 saturated carbocycles. The Morgan fingerprint density at radius 1 is 1.33 bits per heavy atom. The number of ether oxygens (including phenoxy) is 2. The lowest BCUT2D eigenvalue weighted by Crippen LogP contribution is -2.21. The van der Waals surface area contributed by atoms with Crippen LogP contribution in [0.2, 0.25) is 0 Å². The molecule has 0 atom stereocenters. The van der Waals surface area contributed by atoms with E-state index in [9.17, 15) is 8.78 Å². The molecule has 8 heteroatoms. The summed E-state index contributed by atoms with van der Waals surface area (Å²) in [6.45, 7) is -2.92. The van der Waals surface area contributed by atoms with Gasteiger partial charge < -0.3 is 20.9 Å². The predicted molar refractivity (Wildman–Crippen MR) is 63.0 cm³/mol. The Kier molecular flexibility index (Phi) is 4.85. The summed E-state index contributed by atoms with van der Waals surface area (Å²) in [5.41, 5.74) is 10.7. The highest BCUT2D eigenvalue weighted by Gasteiger charge is 2.10. The van der Waals surface area contributed by atoms with E-state index in [-0.39, 0.29) is 17.5 Å². The highest BCUT2D eigenvalue weighted by molar-refractivity contribution is 5.82. The van der Waals surface area contributed by atoms with E-state index in [1.807, 2.05) is 0 Å². The van der Waals surface area contributed by atoms with E-state index in [0.717, 1.165) is 0 Å². The summed E-state index contributed by atoms with van der Waals surface area (Å²) in [5.74, 6) is -0.0914. The van der Waals surface area contributed by atoms with Crippen molar-refractivity contribution < 1.29 is 18.3 Å². The summed E-state index contributed by atoms with van der Waals surface area (Å²) >= 11 is 0. The third-order valence-corrected chi connectivity index (χ3v) is 1.78. The second-order valence-electron chi connectivity index (χ2n) is 3.06. The van der Waals surface area contributed by atoms with Crippen molar-refractivity contribution in [3.63, 3.8) is 0 Å². The van der Waals surface area contributed by atoms with E-state index >= 15 is 0 Å². The molecule has 0 aliphatic rings. The van der Waals surface area contributed by atoms with Crippen molar-refractivity contribution in [1.29, 1.82) is 0 Å². The van der Waals surface area contributed by atoms with Crippen LogP contribution in [0.3, 0.4) is 0 Å². The summed E-state index contributed by atoms with van der Waals surface area (Å²) in [5, 5.41) is 6.97. The summed E-state index contributed by atoms with van der Waals surface area (Å²) in [7, 11) is 1.34. The molecule has 1 rings (SSSR count). The number of rotatable bonds is 5. The maximum atomic E-state index is 12.1. The molecule has 1 aromatic rings. The molecule has 0 aliphatic carbocycles. The summed E-state index contributed by atoms with van der Waals surface area (Å²) in [6.07, 6.45) is 1.34. The van der Waals surface area contributed by atoms with Crippen LogP contribution in [0.4, 0.5) is 8.78 Å². The van der Waals surface area contributed by atoms with E-state index in [1.54, 1.807) is 0 Å². The van der Waals surface area contributed by atoms with Crippen molar-refractivity contribution in [3.05, 3.63) is 23.8 Å². The Morgan fingerprint density at radius 3 is 2.61 bits per heavy atom. The minimum absolute atomic E-state index is 0.0634. The van der Waals surface area contributed by atoms with Crippen LogP contribution >= 0.6 is 0 Å². The molecule has 0 amide bonds. The number of halogens is 2. The van der Waals surface area contributed by atoms with Gasteiger partial charge in [0.25, 0.3) is 0 Å². The molecule has 98 valence electrons. The molecular formula is C10H12F2N4O2. The zero-order valence-electron chi connectivity index (χ0n) is 9.51. The highest BCUT2D eigenvalue weighted by Crippen LogP contribution is 2.28. The van der Waals surface area contributed by atoms with Crippen molar-refractivity contribution in [2.45, 2.75) is 6.61 Å². The lowest BCUT2D eigenvalue weighted by atomic mass is 10.2. The van der Waals surface area contributed by atoms with Crippen LogP contribution < -0.4 is 20.9 Å². The van der Waals surface area contributed by atoms with Gasteiger partial charge in [0.2, 0.25) is 5.96 Å². The lowest BCUT2D eigenvalue weighted by molar-refractivity contribution is -0.0512. The largest absolute Gasteiger partial charge is 0.493 e. The highest BCUT2D eigenvalue weighted by atomic mass is 19.3. The molecule has 0 unspecified atom stereocenters. The fraction of sp³-hybridized carbons (Fsp3) is 0.200. The average molecular weight is 258 g/mol. The van der Waals surface area contributed by atoms with Crippen molar-refractivity contribution >= 4 is 12.2 Å². The van der Waals surface area contributed by atoms with Crippen LogP contribution in [0.15, 0.2) is 28.4 Å². The number of methoxy groups -OCH3 is 1. The first-order valence-corrected chi connectivity index (χ1v) is 4.77. The van der Waals surface area contributed by atoms with Gasteiger partial charge in [-0.15, -0.1) is 5.10 Å². The number of benzene rings is 1. The molecule has 0 saturated heterocycles. The third kappa shape index (κ3) is 4.24. The van der Waals surface area contributed by atoms with Gasteiger partial charge in [-0.25, -0.2) is 0 Å². The average Bonchev–Trinajstić information content (AvgIpc) is 2.29. The number of hydrogen-bond donors (Lipinski definition) is 2. The molecule has 0 radical (unpaired) electrons. The van der Waals surface area contributed by atoms with Crippen molar-refractivity contribution in [1.82, 2.24) is 0 Å². The van der Waals surface area contributed by atoms with Crippen molar-refractivity contribution in [3.8, 4) is 11.5 Å². The monoisotopic (exact) mass is 258 g/mol. The number of nitrogens with zero attached hydrogens (tertiary/aromatic N) is 2. The second-order valence-corrected chi connectivity index (χ2v) is 3.06. The molecule has 1 aromatic carbocycles. The van der Waals surface area contributed by atoms with Crippen molar-refractivity contribution in [2.75, 3.05) is 7.11 Å². The lowest BCUT2D eigenvalue weighted by Gasteiger charge is -2.09. The molecular weight excluding hydrogens is 246 g/mol. The molecule has 6 nitrogen and oxygen atoms in total. The van der Waals surface area contributed by atoms with Gasteiger partial charge in [0.1, 0.15) is 0 Å². The van der Waals surface area contributed by atoms with E-state index in [1.165, 1.54) is 31.5 Å². The zero-order chi connectivity index (χ0) is 13.5. The maximum Gasteiger partial charge on any atom is 0.387 e. The van der Waals surface area contributed by atoms with E-state index in [4.69, 9.17) is 16.2 Å². The number of alkyl halides is 2. The van der Waals surface area contributed by atoms with Crippen LogP contribution in [0, 0.1) is 0 Å². The normalized spacial score (nSPS) is 10.7. The molecule has 4 N–H and O–H groups in total. The Morgan fingerprint density at radius 2 is 2.06 bits per heavy atom. The van der Waals surface area contributed by atoms with Gasteiger partial charge in [0.15, 0.2) is 11.5 Å². The van der Waals surface area contributed by atoms with Gasteiger partial charge >= 0.3 is 6.61 Å². The first-order chi connectivity index (χ1) is 8.52. The van der Waals surface area contributed by atoms with E-state index in [0.29, 0.717) is 5.56 Å². The van der Waals surface area contributed by atoms with Gasteiger partial charge in [-0.3, -0.25) is 0 Å². The van der Waals surface area contributed by atoms with Gasteiger partial charge in [0.05, 0.1) is 13.3 Å². The maximum absolute atomic E-state index is 12.1. The molecule has 0 fully saturated rings. The number of guanidine groups is 1. The SMILES string of the molecule is COc1cc(/C=N\N=C(N)N)ccc1OC(F)F. The topological polar surface area (TPSA) is 95.2 Å². The van der Waals surface area contributed by atoms with Crippen LogP contribution in [-0.4, -0.2) is 25.9 Å². The van der Waals surface area contributed by atoms with Crippen LogP contribution in [0.25, 0.3) is 0 Å². The minimum Gasteiger partial charge on any atom is -0.493 e. The van der Waals surface area contributed by atoms with Crippen LogP contribution in [0.5, 0.6) is 11.5 Å². The molecule has 0 heterocycles. The first-order valence-electron chi connectivity index (χ1n) is 4.77. The summed E-state index contributed by atoms with van der Waals surface area (Å²) in [4.78, 5) is 0. The first kappa shape index (κ1) is 13.7. The summed E-state index contributed by atoms with van der Waals surface area (Å²) in [6, 6.07) is 4.30. The van der Waals surface area contributed by atoms with Crippen LogP contribution in [-0.2, 0) is 0 Å². The number of nitrogens with two attached hydrogens (primary N) is 2. The molecule has 18 heavy (non-hydrogen) atoms. The van der Waals surface area contributed by atoms with Gasteiger partial charge in [-0.05, 0) is 23.8 Å². The smallest absolute Gasteiger partial charge is 0.387 e. The predicted octanol–water partition coefficient (Wildman–Crippen LogP) is 0.904. The quantitative estimate of drug-likeness (QED) is 0.466. The van der Waals surface area contributed by atoms with Gasteiger partial charge in [-0.2, -0.15) is 13.9 Å². The van der Waals surface area contributed by atoms with E-state index < -0.39 is 6.61 Å². The third-order valence-electron chi connectivity index (χ3n) is 1.78. The fourth-order valence-electron chi connectivity index (χ4n) is 1.12. The minimum atomic E-state index is -2.92. The van der Waals surface area contributed by atoms with Crippen LogP contribution in [0.1, 0.15) is 5.56 Å². The Labute approximate surface area is 102 Å². The zero-order valence-corrected chi connectivity index (χ0v) is 9.51. The Hall–Kier alpha value is -2.38. The molecule has 0 aliphatic heterocycles. The van der Waals surface area contributed by atoms with Gasteiger partial charge in [0, 0.05) is 0 Å². The number of hydrogen-bond acceptors (Lipinski definition) is 4.